The van der Waals surface area contributed by atoms with Crippen molar-refractivity contribution in [3.8, 4) is 5.69 Å². The minimum atomic E-state index is -0.744. The average molecular weight is 450 g/mol. The third kappa shape index (κ3) is 4.03. The molecule has 1 N–H and O–H groups in total. The molecule has 1 amide bonds. The topological polar surface area (TPSA) is 81.8 Å². The van der Waals surface area contributed by atoms with Gasteiger partial charge in [-0.3, -0.25) is 9.59 Å². The number of rotatable bonds is 6. The summed E-state index contributed by atoms with van der Waals surface area (Å²) in [7, 11) is 0. The summed E-state index contributed by atoms with van der Waals surface area (Å²) < 4.78 is 3.00. The smallest absolute Gasteiger partial charge is 0.295 e. The van der Waals surface area contributed by atoms with Gasteiger partial charge in [0.1, 0.15) is 6.04 Å². The van der Waals surface area contributed by atoms with E-state index < -0.39 is 6.04 Å². The Labute approximate surface area is 190 Å². The summed E-state index contributed by atoms with van der Waals surface area (Å²) in [5, 5.41) is 13.3. The predicted octanol–water partition coefficient (Wildman–Crippen LogP) is 4.12. The Morgan fingerprint density at radius 1 is 1.09 bits per heavy atom. The number of amides is 1. The van der Waals surface area contributed by atoms with E-state index in [1.54, 1.807) is 16.8 Å². The van der Waals surface area contributed by atoms with Gasteiger partial charge in [0.05, 0.1) is 22.5 Å². The Bertz CT molecular complexity index is 1340. The molecule has 0 unspecified atom stereocenters. The predicted molar refractivity (Wildman–Crippen MR) is 125 cm³/mol. The second-order valence-corrected chi connectivity index (χ2v) is 8.10. The molecule has 2 aromatic heterocycles. The largest absolute Gasteiger partial charge is 0.350 e. The number of benzene rings is 2. The van der Waals surface area contributed by atoms with Gasteiger partial charge in [0.15, 0.2) is 5.52 Å². The highest BCUT2D eigenvalue weighted by Crippen LogP contribution is 2.22. The van der Waals surface area contributed by atoms with Crippen molar-refractivity contribution in [1.29, 1.82) is 0 Å². The summed E-state index contributed by atoms with van der Waals surface area (Å²) in [5.74, 6) is -0.278. The lowest BCUT2D eigenvalue weighted by atomic mass is 10.1. The van der Waals surface area contributed by atoms with Crippen molar-refractivity contribution >= 4 is 28.4 Å². The number of nitrogens with zero attached hydrogens (tertiary/aromatic N) is 4. The Morgan fingerprint density at radius 2 is 1.84 bits per heavy atom. The molecule has 0 saturated carbocycles. The third-order valence-corrected chi connectivity index (χ3v) is 5.72. The Balaban J connectivity index is 1.70. The first-order valence-corrected chi connectivity index (χ1v) is 10.8. The van der Waals surface area contributed by atoms with E-state index in [4.69, 9.17) is 11.6 Å². The van der Waals surface area contributed by atoms with E-state index >= 15 is 0 Å². The van der Waals surface area contributed by atoms with Crippen LogP contribution in [0.5, 0.6) is 0 Å². The number of carbonyl (C=O) groups excluding carboxylic acids is 1. The molecule has 4 aromatic rings. The Hall–Kier alpha value is -3.45. The molecule has 1 atom stereocenters. The van der Waals surface area contributed by atoms with Crippen LogP contribution in [-0.2, 0) is 11.3 Å². The van der Waals surface area contributed by atoms with Gasteiger partial charge >= 0.3 is 0 Å². The fourth-order valence-electron chi connectivity index (χ4n) is 3.91. The first kappa shape index (κ1) is 21.8. The molecule has 0 saturated heterocycles. The number of para-hydroxylation sites is 1. The second-order valence-electron chi connectivity index (χ2n) is 7.66. The van der Waals surface area contributed by atoms with Gasteiger partial charge in [-0.25, -0.2) is 9.36 Å². The maximum Gasteiger partial charge on any atom is 0.295 e. The number of nitrogens with one attached hydrogen (secondary N) is 1. The number of hydrogen-bond donors (Lipinski definition) is 1. The van der Waals surface area contributed by atoms with E-state index in [1.165, 1.54) is 4.68 Å². The van der Waals surface area contributed by atoms with Crippen LogP contribution in [0.25, 0.3) is 16.6 Å². The zero-order chi connectivity index (χ0) is 22.8. The molecule has 4 rings (SSSR count). The van der Waals surface area contributed by atoms with Crippen LogP contribution >= 0.6 is 11.6 Å². The monoisotopic (exact) mass is 449 g/mol. The van der Waals surface area contributed by atoms with Gasteiger partial charge in [-0.1, -0.05) is 48.9 Å². The average Bonchev–Trinajstić information content (AvgIpc) is 3.15. The number of fused-ring (bicyclic) bond motifs is 1. The van der Waals surface area contributed by atoms with Gasteiger partial charge in [-0.2, -0.15) is 10.2 Å². The molecule has 8 heteroatoms. The Kier molecular flexibility index (Phi) is 6.10. The van der Waals surface area contributed by atoms with E-state index in [1.807, 2.05) is 63.2 Å². The third-order valence-electron chi connectivity index (χ3n) is 5.49. The molecule has 0 fully saturated rings. The van der Waals surface area contributed by atoms with Crippen molar-refractivity contribution in [3.63, 3.8) is 0 Å². The molecule has 0 bridgehead atoms. The van der Waals surface area contributed by atoms with Crippen molar-refractivity contribution in [3.05, 3.63) is 86.9 Å². The van der Waals surface area contributed by atoms with E-state index in [9.17, 15) is 9.59 Å². The number of halogens is 1. The molecule has 32 heavy (non-hydrogen) atoms. The molecular formula is C24H24ClN5O2. The zero-order valence-corrected chi connectivity index (χ0v) is 18.9. The molecule has 0 aliphatic carbocycles. The van der Waals surface area contributed by atoms with Gasteiger partial charge in [-0.05, 0) is 50.1 Å². The van der Waals surface area contributed by atoms with Crippen molar-refractivity contribution in [1.82, 2.24) is 24.9 Å². The summed E-state index contributed by atoms with van der Waals surface area (Å²) in [6.07, 6.45) is 0.414. The number of aromatic nitrogens is 4. The van der Waals surface area contributed by atoms with Crippen molar-refractivity contribution < 1.29 is 4.79 Å². The summed E-state index contributed by atoms with van der Waals surface area (Å²) in [6, 6.07) is 16.2. The summed E-state index contributed by atoms with van der Waals surface area (Å²) >= 11 is 6.02. The van der Waals surface area contributed by atoms with Crippen LogP contribution < -0.4 is 10.9 Å². The molecule has 0 aliphatic heterocycles. The second kappa shape index (κ2) is 8.96. The van der Waals surface area contributed by atoms with Crippen LogP contribution in [0.2, 0.25) is 5.02 Å². The highest BCUT2D eigenvalue weighted by molar-refractivity contribution is 6.30. The standard InChI is InChI=1S/C24H24ClN5O2/c1-4-20(23(31)26-14-17-9-8-10-18(25)13-17)30-24(32)22-21(15(2)27-30)16(3)29(28-22)19-11-6-5-7-12-19/h5-13,20H,4,14H2,1-3H3,(H,26,31)/t20-/m0/s1. The van der Waals surface area contributed by atoms with E-state index in [0.29, 0.717) is 34.6 Å². The number of carbonyl (C=O) groups is 1. The summed E-state index contributed by atoms with van der Waals surface area (Å²) in [6.45, 7) is 5.91. The van der Waals surface area contributed by atoms with Gasteiger partial charge in [0.2, 0.25) is 5.91 Å². The van der Waals surface area contributed by atoms with Crippen molar-refractivity contribution in [2.45, 2.75) is 39.8 Å². The highest BCUT2D eigenvalue weighted by atomic mass is 35.5. The quantitative estimate of drug-likeness (QED) is 0.480. The lowest BCUT2D eigenvalue weighted by molar-refractivity contribution is -0.125. The lowest BCUT2D eigenvalue weighted by Crippen LogP contribution is -2.38. The van der Waals surface area contributed by atoms with Crippen LogP contribution in [0, 0.1) is 13.8 Å². The van der Waals surface area contributed by atoms with E-state index in [0.717, 1.165) is 16.9 Å². The summed E-state index contributed by atoms with van der Waals surface area (Å²) in [4.78, 5) is 26.3. The molecule has 2 aromatic carbocycles. The number of aryl methyl sites for hydroxylation is 2. The molecule has 2 heterocycles. The van der Waals surface area contributed by atoms with E-state index in [2.05, 4.69) is 15.5 Å². The van der Waals surface area contributed by atoms with Crippen LogP contribution in [0.1, 0.15) is 36.3 Å². The fourth-order valence-corrected chi connectivity index (χ4v) is 4.12. The molecule has 0 aliphatic rings. The Morgan fingerprint density at radius 3 is 2.53 bits per heavy atom. The maximum absolute atomic E-state index is 13.3. The minimum Gasteiger partial charge on any atom is -0.350 e. The molecule has 7 nitrogen and oxygen atoms in total. The van der Waals surface area contributed by atoms with Crippen LogP contribution in [0.4, 0.5) is 0 Å². The van der Waals surface area contributed by atoms with Crippen LogP contribution in [0.15, 0.2) is 59.4 Å². The minimum absolute atomic E-state index is 0.278. The van der Waals surface area contributed by atoms with Gasteiger partial charge in [-0.15, -0.1) is 0 Å². The number of hydrogen-bond acceptors (Lipinski definition) is 4. The summed E-state index contributed by atoms with van der Waals surface area (Å²) in [5.41, 5.74) is 3.15. The van der Waals surface area contributed by atoms with Gasteiger partial charge < -0.3 is 5.32 Å². The molecule has 164 valence electrons. The van der Waals surface area contributed by atoms with E-state index in [-0.39, 0.29) is 11.5 Å². The first-order chi connectivity index (χ1) is 15.4. The normalized spacial score (nSPS) is 12.1. The lowest BCUT2D eigenvalue weighted by Gasteiger charge is -2.17. The maximum atomic E-state index is 13.3. The molecule has 0 spiro atoms. The van der Waals surface area contributed by atoms with Gasteiger partial charge in [0.25, 0.3) is 5.56 Å². The SMILES string of the molecule is CC[C@@H](C(=O)NCc1cccc(Cl)c1)n1nc(C)c2c(C)n(-c3ccccc3)nc2c1=O. The zero-order valence-electron chi connectivity index (χ0n) is 18.2. The van der Waals surface area contributed by atoms with Gasteiger partial charge in [0, 0.05) is 11.6 Å². The molecule has 0 radical (unpaired) electrons. The first-order valence-electron chi connectivity index (χ1n) is 10.5. The van der Waals surface area contributed by atoms with Crippen molar-refractivity contribution in [2.75, 3.05) is 0 Å². The molecular weight excluding hydrogens is 426 g/mol. The van der Waals surface area contributed by atoms with Crippen LogP contribution in [-0.4, -0.2) is 25.5 Å². The van der Waals surface area contributed by atoms with Crippen LogP contribution in [0.3, 0.4) is 0 Å². The van der Waals surface area contributed by atoms with Crippen molar-refractivity contribution in [2.24, 2.45) is 0 Å². The highest BCUT2D eigenvalue weighted by Gasteiger charge is 2.25. The fraction of sp³-hybridized carbons (Fsp3) is 0.250.